The average molecular weight is 409 g/mol. The van der Waals surface area contributed by atoms with Crippen molar-refractivity contribution >= 4 is 10.9 Å². The number of rotatable bonds is 8. The zero-order valence-corrected chi connectivity index (χ0v) is 17.8. The van der Waals surface area contributed by atoms with Crippen LogP contribution in [-0.2, 0) is 12.8 Å². The van der Waals surface area contributed by atoms with Crippen molar-refractivity contribution in [1.82, 2.24) is 9.55 Å². The van der Waals surface area contributed by atoms with Gasteiger partial charge in [0.2, 0.25) is 5.88 Å². The maximum Gasteiger partial charge on any atom is 0.227 e. The van der Waals surface area contributed by atoms with E-state index in [4.69, 9.17) is 4.74 Å². The first-order chi connectivity index (χ1) is 14.4. The molecule has 30 heavy (non-hydrogen) atoms. The van der Waals surface area contributed by atoms with Gasteiger partial charge >= 0.3 is 0 Å². The van der Waals surface area contributed by atoms with E-state index < -0.39 is 6.10 Å². The number of ether oxygens (including phenoxy) is 1. The van der Waals surface area contributed by atoms with Gasteiger partial charge in [-0.25, -0.2) is 4.98 Å². The van der Waals surface area contributed by atoms with E-state index in [-0.39, 0.29) is 24.5 Å². The van der Waals surface area contributed by atoms with E-state index in [0.29, 0.717) is 17.3 Å². The van der Waals surface area contributed by atoms with Gasteiger partial charge in [-0.05, 0) is 43.9 Å². The maximum atomic E-state index is 12.9. The van der Waals surface area contributed by atoms with Gasteiger partial charge in [0.15, 0.2) is 5.43 Å². The average Bonchev–Trinajstić information content (AvgIpc) is 2.72. The highest BCUT2D eigenvalue weighted by molar-refractivity contribution is 5.86. The van der Waals surface area contributed by atoms with Crippen LogP contribution < -0.4 is 10.2 Å². The monoisotopic (exact) mass is 409 g/mol. The molecule has 0 bridgehead atoms. The summed E-state index contributed by atoms with van der Waals surface area (Å²) in [5.41, 5.74) is 5.44. The Labute approximate surface area is 175 Å². The van der Waals surface area contributed by atoms with Crippen molar-refractivity contribution in [3.8, 4) is 11.6 Å². The molecule has 158 valence electrons. The highest BCUT2D eigenvalue weighted by atomic mass is 16.5. The lowest BCUT2D eigenvalue weighted by molar-refractivity contribution is 0.112. The highest BCUT2D eigenvalue weighted by Gasteiger charge is 2.19. The van der Waals surface area contributed by atoms with Crippen molar-refractivity contribution in [2.75, 3.05) is 13.2 Å². The van der Waals surface area contributed by atoms with Crippen molar-refractivity contribution in [2.45, 2.75) is 46.6 Å². The summed E-state index contributed by atoms with van der Waals surface area (Å²) in [5.74, 6) is 0.166. The summed E-state index contributed by atoms with van der Waals surface area (Å²) in [5, 5.41) is 12.9. The second-order valence-electron chi connectivity index (χ2n) is 7.36. The summed E-state index contributed by atoms with van der Waals surface area (Å²) < 4.78 is 7.79. The molecule has 0 fully saturated rings. The molecule has 0 aliphatic rings. The molecule has 0 saturated heterocycles. The lowest BCUT2D eigenvalue weighted by Gasteiger charge is -2.21. The molecule has 2 aromatic heterocycles. The Hall–Kier alpha value is -3.06. The third-order valence-corrected chi connectivity index (χ3v) is 5.18. The normalized spacial score (nSPS) is 12.2. The fourth-order valence-electron chi connectivity index (χ4n) is 3.70. The van der Waals surface area contributed by atoms with Crippen LogP contribution in [0, 0.1) is 18.8 Å². The van der Waals surface area contributed by atoms with Gasteiger partial charge in [0.1, 0.15) is 24.6 Å². The van der Waals surface area contributed by atoms with Crippen LogP contribution in [0.15, 0.2) is 40.3 Å². The third-order valence-electron chi connectivity index (χ3n) is 5.18. The first kappa shape index (κ1) is 21.6. The minimum atomic E-state index is -1.06. The molecule has 3 rings (SSSR count). The number of para-hydroxylation sites is 1. The van der Waals surface area contributed by atoms with Gasteiger partial charge in [0.05, 0.1) is 11.2 Å². The number of benzene rings is 1. The lowest BCUT2D eigenvalue weighted by Crippen LogP contribution is -2.22. The molecule has 0 spiro atoms. The quantitative estimate of drug-likeness (QED) is 0.573. The number of aliphatic hydroxyl groups is 1. The number of nitrogens with zero attached hydrogens (tertiary/aromatic N) is 3. The first-order valence-electron chi connectivity index (χ1n) is 10.2. The molecule has 3 aromatic rings. The SMILES string of the molecule is CCc1cc2c(c(OCC(O)CN=O)n1)c(=O)cc(C)n2-c1c(C)cccc1CC. The van der Waals surface area contributed by atoms with Crippen molar-refractivity contribution in [3.05, 3.63) is 68.0 Å². The molecule has 0 aliphatic carbocycles. The largest absolute Gasteiger partial charge is 0.474 e. The zero-order chi connectivity index (χ0) is 21.8. The smallest absolute Gasteiger partial charge is 0.227 e. The van der Waals surface area contributed by atoms with E-state index in [2.05, 4.69) is 40.7 Å². The third kappa shape index (κ3) is 4.11. The lowest BCUT2D eigenvalue weighted by atomic mass is 10.0. The van der Waals surface area contributed by atoms with E-state index in [9.17, 15) is 14.8 Å². The molecular formula is C23H27N3O4. The predicted molar refractivity (Wildman–Crippen MR) is 118 cm³/mol. The molecule has 1 unspecified atom stereocenters. The van der Waals surface area contributed by atoms with Gasteiger partial charge in [-0.1, -0.05) is 37.2 Å². The first-order valence-corrected chi connectivity index (χ1v) is 10.2. The van der Waals surface area contributed by atoms with Crippen molar-refractivity contribution < 1.29 is 9.84 Å². The zero-order valence-electron chi connectivity index (χ0n) is 17.8. The minimum Gasteiger partial charge on any atom is -0.474 e. The van der Waals surface area contributed by atoms with Gasteiger partial charge in [-0.15, -0.1) is 0 Å². The summed E-state index contributed by atoms with van der Waals surface area (Å²) in [6.07, 6.45) is 0.450. The van der Waals surface area contributed by atoms with E-state index in [1.54, 1.807) is 6.07 Å². The molecule has 7 heteroatoms. The molecule has 7 nitrogen and oxygen atoms in total. The summed E-state index contributed by atoms with van der Waals surface area (Å²) >= 11 is 0. The van der Waals surface area contributed by atoms with Crippen molar-refractivity contribution in [1.29, 1.82) is 0 Å². The Morgan fingerprint density at radius 1 is 1.20 bits per heavy atom. The minimum absolute atomic E-state index is 0.166. The van der Waals surface area contributed by atoms with Crippen LogP contribution in [0.3, 0.4) is 0 Å². The number of pyridine rings is 2. The second kappa shape index (κ2) is 9.17. The number of aliphatic hydroxyl groups excluding tert-OH is 1. The summed E-state index contributed by atoms with van der Waals surface area (Å²) in [6.45, 7) is 7.61. The molecular weight excluding hydrogens is 382 g/mol. The Morgan fingerprint density at radius 2 is 1.97 bits per heavy atom. The van der Waals surface area contributed by atoms with Crippen LogP contribution in [0.2, 0.25) is 0 Å². The van der Waals surface area contributed by atoms with Crippen LogP contribution in [0.5, 0.6) is 5.88 Å². The molecule has 0 saturated carbocycles. The summed E-state index contributed by atoms with van der Waals surface area (Å²) in [4.78, 5) is 27.8. The predicted octanol–water partition coefficient (Wildman–Crippen LogP) is 3.63. The molecule has 0 amide bonds. The van der Waals surface area contributed by atoms with E-state index in [1.807, 2.05) is 26.0 Å². The van der Waals surface area contributed by atoms with Gasteiger partial charge in [-0.3, -0.25) is 4.79 Å². The van der Waals surface area contributed by atoms with E-state index in [1.165, 1.54) is 5.56 Å². The molecule has 2 heterocycles. The Bertz CT molecular complexity index is 1140. The van der Waals surface area contributed by atoms with Crippen molar-refractivity contribution in [3.63, 3.8) is 0 Å². The van der Waals surface area contributed by atoms with Crippen LogP contribution in [0.1, 0.15) is 36.4 Å². The van der Waals surface area contributed by atoms with Gasteiger partial charge in [-0.2, -0.15) is 4.91 Å². The van der Waals surface area contributed by atoms with Gasteiger partial charge in [0, 0.05) is 17.5 Å². The highest BCUT2D eigenvalue weighted by Crippen LogP contribution is 2.29. The number of hydrogen-bond acceptors (Lipinski definition) is 6. The Kier molecular flexibility index (Phi) is 6.62. The number of fused-ring (bicyclic) bond motifs is 1. The molecule has 1 N–H and O–H groups in total. The van der Waals surface area contributed by atoms with E-state index in [0.717, 1.165) is 29.1 Å². The van der Waals surface area contributed by atoms with E-state index >= 15 is 0 Å². The van der Waals surface area contributed by atoms with Crippen LogP contribution in [0.4, 0.5) is 0 Å². The topological polar surface area (TPSA) is 93.8 Å². The van der Waals surface area contributed by atoms with Crippen molar-refractivity contribution in [2.24, 2.45) is 5.18 Å². The number of nitroso groups, excluding NO2 is 1. The number of hydrogen-bond donors (Lipinski definition) is 1. The Balaban J connectivity index is 2.32. The molecule has 0 aliphatic heterocycles. The summed E-state index contributed by atoms with van der Waals surface area (Å²) in [7, 11) is 0. The fourth-order valence-corrected chi connectivity index (χ4v) is 3.70. The van der Waals surface area contributed by atoms with Crippen LogP contribution >= 0.6 is 0 Å². The fraction of sp³-hybridized carbons (Fsp3) is 0.391. The van der Waals surface area contributed by atoms with Crippen LogP contribution in [0.25, 0.3) is 16.6 Å². The maximum absolute atomic E-state index is 12.9. The summed E-state index contributed by atoms with van der Waals surface area (Å²) in [6, 6.07) is 9.69. The molecule has 1 aromatic carbocycles. The molecule has 1 atom stereocenters. The number of aryl methyl sites for hydroxylation is 4. The second-order valence-corrected chi connectivity index (χ2v) is 7.36. The number of aromatic nitrogens is 2. The van der Waals surface area contributed by atoms with Gasteiger partial charge in [0.25, 0.3) is 0 Å². The molecule has 0 radical (unpaired) electrons. The van der Waals surface area contributed by atoms with Gasteiger partial charge < -0.3 is 14.4 Å². The Morgan fingerprint density at radius 3 is 2.63 bits per heavy atom. The standard InChI is InChI=1S/C23H27N3O4/c1-5-16-9-7-8-14(3)22(16)26-15(4)10-20(28)21-19(26)11-17(6-2)25-23(21)30-13-18(27)12-24-29/h7-11,18,27H,5-6,12-13H2,1-4H3. The van der Waals surface area contributed by atoms with Crippen LogP contribution in [-0.4, -0.2) is 33.9 Å².